The molecule has 3 rings (SSSR count). The molecule has 2 fully saturated rings. The van der Waals surface area contributed by atoms with Crippen LogP contribution >= 0.6 is 0 Å². The van der Waals surface area contributed by atoms with E-state index in [1.807, 2.05) is 27.0 Å². The normalized spacial score (nSPS) is 25.3. The molecule has 182 valence electrons. The summed E-state index contributed by atoms with van der Waals surface area (Å²) in [6.07, 6.45) is 8.55. The zero-order valence-electron chi connectivity index (χ0n) is 21.3. The summed E-state index contributed by atoms with van der Waals surface area (Å²) in [5, 5.41) is 8.04. The average Bonchev–Trinajstić information content (AvgIpc) is 3.20. The van der Waals surface area contributed by atoms with E-state index in [-0.39, 0.29) is 11.7 Å². The Morgan fingerprint density at radius 2 is 2.00 bits per heavy atom. The predicted molar refractivity (Wildman–Crippen MR) is 127 cm³/mol. The van der Waals surface area contributed by atoms with Crippen molar-refractivity contribution in [3.8, 4) is 0 Å². The van der Waals surface area contributed by atoms with Crippen molar-refractivity contribution in [3.05, 3.63) is 17.5 Å². The van der Waals surface area contributed by atoms with E-state index in [4.69, 9.17) is 9.47 Å². The summed E-state index contributed by atoms with van der Waals surface area (Å²) in [6.45, 7) is 13.4. The van der Waals surface area contributed by atoms with E-state index in [2.05, 4.69) is 36.0 Å². The second kappa shape index (κ2) is 9.72. The maximum absolute atomic E-state index is 12.1. The first-order chi connectivity index (χ1) is 14.9. The van der Waals surface area contributed by atoms with Gasteiger partial charge < -0.3 is 19.7 Å². The van der Waals surface area contributed by atoms with Gasteiger partial charge in [0.05, 0.1) is 18.4 Å². The van der Waals surface area contributed by atoms with Crippen molar-refractivity contribution in [2.75, 3.05) is 33.3 Å². The Morgan fingerprint density at radius 1 is 1.31 bits per heavy atom. The second-order valence-corrected chi connectivity index (χ2v) is 11.7. The van der Waals surface area contributed by atoms with Crippen LogP contribution in [0.5, 0.6) is 0 Å². The number of likely N-dealkylation sites (N-methyl/N-ethyl adjacent to an activating group) is 1. The van der Waals surface area contributed by atoms with Gasteiger partial charge in [-0.05, 0) is 76.8 Å². The number of nitrogens with zero attached hydrogens (tertiary/aromatic N) is 3. The molecule has 32 heavy (non-hydrogen) atoms. The van der Waals surface area contributed by atoms with Crippen LogP contribution in [0.4, 0.5) is 4.79 Å². The number of nitrogens with one attached hydrogen (secondary N) is 1. The Kier molecular flexibility index (Phi) is 7.60. The van der Waals surface area contributed by atoms with Gasteiger partial charge in [-0.3, -0.25) is 4.68 Å². The number of aromatic nitrogens is 2. The molecule has 0 bridgehead atoms. The third kappa shape index (κ3) is 6.47. The SMILES string of the molecule is CN(CCNCCc1cnn(C)c1C1CCC2(CC1)CC(C)(C)CO2)C(=O)OC(C)(C)C. The van der Waals surface area contributed by atoms with Crippen LogP contribution in [0.25, 0.3) is 0 Å². The van der Waals surface area contributed by atoms with Gasteiger partial charge in [0.15, 0.2) is 0 Å². The van der Waals surface area contributed by atoms with Crippen molar-refractivity contribution in [1.29, 1.82) is 0 Å². The fraction of sp³-hybridized carbons (Fsp3) is 0.840. The van der Waals surface area contributed by atoms with Gasteiger partial charge in [-0.25, -0.2) is 4.79 Å². The summed E-state index contributed by atoms with van der Waals surface area (Å²) in [4.78, 5) is 13.7. The smallest absolute Gasteiger partial charge is 0.410 e. The molecule has 1 aromatic heterocycles. The van der Waals surface area contributed by atoms with Crippen LogP contribution in [-0.4, -0.2) is 65.3 Å². The van der Waals surface area contributed by atoms with Gasteiger partial charge in [0, 0.05) is 38.8 Å². The van der Waals surface area contributed by atoms with Crippen LogP contribution in [0, 0.1) is 5.41 Å². The molecule has 1 saturated heterocycles. The number of carbonyl (C=O) groups excluding carboxylic acids is 1. The standard InChI is InChI=1S/C25H44N4O3/c1-23(2,3)32-22(30)28(6)15-14-26-13-10-20-16-27-29(7)21(20)19-8-11-25(12-9-19)17-24(4,5)18-31-25/h16,19,26H,8-15,17-18H2,1-7H3. The van der Waals surface area contributed by atoms with Gasteiger partial charge in [0.25, 0.3) is 0 Å². The van der Waals surface area contributed by atoms with Crippen molar-refractivity contribution >= 4 is 6.09 Å². The Bertz CT molecular complexity index is 773. The van der Waals surface area contributed by atoms with Gasteiger partial charge in [-0.1, -0.05) is 13.8 Å². The van der Waals surface area contributed by atoms with Gasteiger partial charge in [0.1, 0.15) is 5.60 Å². The molecule has 0 atom stereocenters. The molecule has 0 radical (unpaired) electrons. The van der Waals surface area contributed by atoms with Crippen molar-refractivity contribution in [2.24, 2.45) is 12.5 Å². The summed E-state index contributed by atoms with van der Waals surface area (Å²) < 4.78 is 13.8. The first kappa shape index (κ1) is 25.0. The summed E-state index contributed by atoms with van der Waals surface area (Å²) in [6, 6.07) is 0. The highest BCUT2D eigenvalue weighted by molar-refractivity contribution is 5.67. The van der Waals surface area contributed by atoms with Crippen LogP contribution in [0.1, 0.15) is 83.9 Å². The molecular formula is C25H44N4O3. The molecule has 2 aliphatic rings. The van der Waals surface area contributed by atoms with E-state index in [1.165, 1.54) is 30.5 Å². The molecule has 1 saturated carbocycles. The highest BCUT2D eigenvalue weighted by Gasteiger charge is 2.46. The fourth-order valence-electron chi connectivity index (χ4n) is 5.30. The molecule has 7 nitrogen and oxygen atoms in total. The average molecular weight is 449 g/mol. The number of aryl methyl sites for hydroxylation is 1. The quantitative estimate of drug-likeness (QED) is 0.631. The second-order valence-electron chi connectivity index (χ2n) is 11.7. The van der Waals surface area contributed by atoms with Crippen LogP contribution in [0.2, 0.25) is 0 Å². The Labute approximate surface area is 194 Å². The molecular weight excluding hydrogens is 404 g/mol. The monoisotopic (exact) mass is 448 g/mol. The van der Waals surface area contributed by atoms with Gasteiger partial charge >= 0.3 is 6.09 Å². The number of rotatable bonds is 7. The van der Waals surface area contributed by atoms with E-state index >= 15 is 0 Å². The maximum Gasteiger partial charge on any atom is 0.410 e. The van der Waals surface area contributed by atoms with Gasteiger partial charge in [-0.15, -0.1) is 0 Å². The number of carbonyl (C=O) groups is 1. The van der Waals surface area contributed by atoms with Crippen molar-refractivity contribution < 1.29 is 14.3 Å². The molecule has 1 spiro atoms. The number of amides is 1. The molecule has 1 aliphatic carbocycles. The molecule has 1 aromatic rings. The molecule has 0 unspecified atom stereocenters. The predicted octanol–water partition coefficient (Wildman–Crippen LogP) is 4.26. The van der Waals surface area contributed by atoms with E-state index in [0.717, 1.165) is 39.0 Å². The van der Waals surface area contributed by atoms with Gasteiger partial charge in [-0.2, -0.15) is 5.10 Å². The largest absolute Gasteiger partial charge is 0.444 e. The lowest BCUT2D eigenvalue weighted by Gasteiger charge is -2.37. The summed E-state index contributed by atoms with van der Waals surface area (Å²) in [5.74, 6) is 0.564. The Hall–Kier alpha value is -1.60. The van der Waals surface area contributed by atoms with Crippen LogP contribution in [0.3, 0.4) is 0 Å². The Balaban J connectivity index is 1.44. The summed E-state index contributed by atoms with van der Waals surface area (Å²) >= 11 is 0. The summed E-state index contributed by atoms with van der Waals surface area (Å²) in [7, 11) is 3.85. The van der Waals surface area contributed by atoms with Gasteiger partial charge in [0.2, 0.25) is 0 Å². The summed E-state index contributed by atoms with van der Waals surface area (Å²) in [5.41, 5.74) is 2.70. The van der Waals surface area contributed by atoms with Crippen molar-refractivity contribution in [1.82, 2.24) is 20.0 Å². The molecule has 1 amide bonds. The Morgan fingerprint density at radius 3 is 2.59 bits per heavy atom. The lowest BCUT2D eigenvalue weighted by Crippen LogP contribution is -2.38. The zero-order chi connectivity index (χ0) is 23.6. The highest BCUT2D eigenvalue weighted by atomic mass is 16.6. The van der Waals surface area contributed by atoms with Crippen molar-refractivity contribution in [2.45, 2.75) is 90.3 Å². The molecule has 0 aromatic carbocycles. The number of hydrogen-bond donors (Lipinski definition) is 1. The van der Waals surface area contributed by atoms with Crippen LogP contribution < -0.4 is 5.32 Å². The number of ether oxygens (including phenoxy) is 2. The third-order valence-electron chi connectivity index (χ3n) is 6.82. The lowest BCUT2D eigenvalue weighted by atomic mass is 9.72. The van der Waals surface area contributed by atoms with Crippen molar-refractivity contribution in [3.63, 3.8) is 0 Å². The molecule has 1 N–H and O–H groups in total. The van der Waals surface area contributed by atoms with Crippen LogP contribution in [0.15, 0.2) is 6.20 Å². The van der Waals surface area contributed by atoms with E-state index in [1.54, 1.807) is 11.9 Å². The zero-order valence-corrected chi connectivity index (χ0v) is 21.3. The maximum atomic E-state index is 12.1. The van der Waals surface area contributed by atoms with E-state index in [9.17, 15) is 4.79 Å². The van der Waals surface area contributed by atoms with E-state index < -0.39 is 5.60 Å². The lowest BCUT2D eigenvalue weighted by molar-refractivity contribution is -0.0298. The third-order valence-corrected chi connectivity index (χ3v) is 6.82. The molecule has 2 heterocycles. The van der Waals surface area contributed by atoms with E-state index in [0.29, 0.717) is 17.9 Å². The molecule has 7 heteroatoms. The fourth-order valence-corrected chi connectivity index (χ4v) is 5.30. The molecule has 1 aliphatic heterocycles. The first-order valence-corrected chi connectivity index (χ1v) is 12.2. The minimum absolute atomic E-state index is 0.112. The highest BCUT2D eigenvalue weighted by Crippen LogP contribution is 2.50. The first-order valence-electron chi connectivity index (χ1n) is 12.2. The minimum atomic E-state index is -0.464. The topological polar surface area (TPSA) is 68.6 Å². The number of hydrogen-bond acceptors (Lipinski definition) is 5. The van der Waals surface area contributed by atoms with Crippen LogP contribution in [-0.2, 0) is 22.9 Å². The minimum Gasteiger partial charge on any atom is -0.444 e.